The summed E-state index contributed by atoms with van der Waals surface area (Å²) in [6.45, 7) is 0.329. The second kappa shape index (κ2) is 6.50. The van der Waals surface area contributed by atoms with E-state index in [1.807, 2.05) is 6.07 Å². The number of fused-ring (bicyclic) bond motifs is 1. The van der Waals surface area contributed by atoms with Crippen molar-refractivity contribution in [3.8, 4) is 0 Å². The third kappa shape index (κ3) is 3.10. The van der Waals surface area contributed by atoms with Crippen LogP contribution < -0.4 is 10.5 Å². The van der Waals surface area contributed by atoms with Gasteiger partial charge in [0.25, 0.3) is 0 Å². The Kier molecular flexibility index (Phi) is 5.07. The fourth-order valence-corrected chi connectivity index (χ4v) is 4.74. The summed E-state index contributed by atoms with van der Waals surface area (Å²) in [6.07, 6.45) is 5.27. The molecule has 1 aromatic carbocycles. The number of pyridine rings is 1. The van der Waals surface area contributed by atoms with Gasteiger partial charge in [-0.3, -0.25) is 4.98 Å². The van der Waals surface area contributed by atoms with Gasteiger partial charge in [-0.25, -0.2) is 13.1 Å². The molecule has 2 aromatic rings. The monoisotopic (exact) mass is 341 g/mol. The second-order valence-corrected chi connectivity index (χ2v) is 7.27. The number of nitrogens with zero attached hydrogens (tertiary/aromatic N) is 1. The Hall–Kier alpha value is -1.21. The second-order valence-electron chi connectivity index (χ2n) is 5.62. The first kappa shape index (κ1) is 17.1. The van der Waals surface area contributed by atoms with Crippen molar-refractivity contribution in [3.63, 3.8) is 0 Å². The van der Waals surface area contributed by atoms with E-state index in [-0.39, 0.29) is 17.3 Å². The lowest BCUT2D eigenvalue weighted by molar-refractivity contribution is 0.399. The predicted molar refractivity (Wildman–Crippen MR) is 89.6 cm³/mol. The molecular weight excluding hydrogens is 322 g/mol. The summed E-state index contributed by atoms with van der Waals surface area (Å²) >= 11 is 0. The molecule has 0 unspecified atom stereocenters. The van der Waals surface area contributed by atoms with Gasteiger partial charge in [-0.15, -0.1) is 12.4 Å². The Morgan fingerprint density at radius 1 is 1.18 bits per heavy atom. The van der Waals surface area contributed by atoms with E-state index < -0.39 is 15.6 Å². The predicted octanol–water partition coefficient (Wildman–Crippen LogP) is 2.21. The molecule has 0 bridgehead atoms. The molecule has 0 atom stereocenters. The van der Waals surface area contributed by atoms with Gasteiger partial charge >= 0.3 is 0 Å². The van der Waals surface area contributed by atoms with Crippen molar-refractivity contribution in [2.45, 2.75) is 36.1 Å². The summed E-state index contributed by atoms with van der Waals surface area (Å²) in [6, 6.07) is 8.66. The summed E-state index contributed by atoms with van der Waals surface area (Å²) in [4.78, 5) is 4.48. The SMILES string of the molecule is Cl.NCC1(NS(=O)(=O)c2cccc3ncccc23)CCCC1. The van der Waals surface area contributed by atoms with Crippen LogP contribution in [0.5, 0.6) is 0 Å². The Morgan fingerprint density at radius 3 is 2.59 bits per heavy atom. The van der Waals surface area contributed by atoms with E-state index >= 15 is 0 Å². The number of halogens is 1. The molecule has 1 saturated carbocycles. The normalized spacial score (nSPS) is 17.3. The topological polar surface area (TPSA) is 85.1 Å². The summed E-state index contributed by atoms with van der Waals surface area (Å²) in [5.41, 5.74) is 6.01. The lowest BCUT2D eigenvalue weighted by Gasteiger charge is -2.28. The van der Waals surface area contributed by atoms with Crippen molar-refractivity contribution < 1.29 is 8.42 Å². The van der Waals surface area contributed by atoms with Gasteiger partial charge < -0.3 is 5.73 Å². The van der Waals surface area contributed by atoms with E-state index in [9.17, 15) is 8.42 Å². The highest BCUT2D eigenvalue weighted by Crippen LogP contribution is 2.31. The van der Waals surface area contributed by atoms with Crippen LogP contribution in [0, 0.1) is 0 Å². The van der Waals surface area contributed by atoms with Crippen molar-refractivity contribution >= 4 is 33.3 Å². The van der Waals surface area contributed by atoms with Gasteiger partial charge in [0.2, 0.25) is 10.0 Å². The molecule has 5 nitrogen and oxygen atoms in total. The average Bonchev–Trinajstić information content (AvgIpc) is 2.95. The van der Waals surface area contributed by atoms with Crippen LogP contribution in [0.1, 0.15) is 25.7 Å². The zero-order chi connectivity index (χ0) is 14.9. The number of rotatable bonds is 4. The third-order valence-corrected chi connectivity index (χ3v) is 5.83. The molecule has 0 spiro atoms. The van der Waals surface area contributed by atoms with E-state index in [2.05, 4.69) is 9.71 Å². The number of benzene rings is 1. The van der Waals surface area contributed by atoms with Crippen LogP contribution in [0.15, 0.2) is 41.4 Å². The largest absolute Gasteiger partial charge is 0.329 e. The Bertz CT molecular complexity index is 753. The van der Waals surface area contributed by atoms with E-state index in [4.69, 9.17) is 5.73 Å². The number of aromatic nitrogens is 1. The van der Waals surface area contributed by atoms with Crippen LogP contribution in [-0.2, 0) is 10.0 Å². The lowest BCUT2D eigenvalue weighted by atomic mass is 10.0. The summed E-state index contributed by atoms with van der Waals surface area (Å²) in [5.74, 6) is 0. The number of sulfonamides is 1. The maximum Gasteiger partial charge on any atom is 0.241 e. The molecule has 7 heteroatoms. The molecule has 1 heterocycles. The summed E-state index contributed by atoms with van der Waals surface area (Å²) < 4.78 is 28.4. The number of nitrogens with one attached hydrogen (secondary N) is 1. The van der Waals surface area contributed by atoms with E-state index in [1.165, 1.54) is 0 Å². The quantitative estimate of drug-likeness (QED) is 0.892. The van der Waals surface area contributed by atoms with Crippen molar-refractivity contribution in [1.82, 2.24) is 9.71 Å². The van der Waals surface area contributed by atoms with Crippen molar-refractivity contribution in [3.05, 3.63) is 36.5 Å². The zero-order valence-corrected chi connectivity index (χ0v) is 13.8. The zero-order valence-electron chi connectivity index (χ0n) is 12.2. The van der Waals surface area contributed by atoms with Gasteiger partial charge in [0.15, 0.2) is 0 Å². The highest BCUT2D eigenvalue weighted by molar-refractivity contribution is 7.89. The first-order valence-electron chi connectivity index (χ1n) is 7.14. The van der Waals surface area contributed by atoms with E-state index in [1.54, 1.807) is 30.5 Å². The Morgan fingerprint density at radius 2 is 1.91 bits per heavy atom. The van der Waals surface area contributed by atoms with Crippen LogP contribution in [0.25, 0.3) is 10.9 Å². The van der Waals surface area contributed by atoms with Crippen molar-refractivity contribution in [2.75, 3.05) is 6.54 Å². The molecule has 0 radical (unpaired) electrons. The van der Waals surface area contributed by atoms with Crippen LogP contribution in [0.2, 0.25) is 0 Å². The van der Waals surface area contributed by atoms with Crippen LogP contribution in [-0.4, -0.2) is 25.5 Å². The molecule has 3 N–H and O–H groups in total. The maximum atomic E-state index is 12.8. The summed E-state index contributed by atoms with van der Waals surface area (Å²) in [7, 11) is -3.61. The van der Waals surface area contributed by atoms with Crippen molar-refractivity contribution in [1.29, 1.82) is 0 Å². The standard InChI is InChI=1S/C15H19N3O2S.ClH/c16-11-15(8-1-2-9-15)18-21(19,20)14-7-3-6-13-12(14)5-4-10-17-13;/h3-7,10,18H,1-2,8-9,11,16H2;1H. The van der Waals surface area contributed by atoms with Crippen LogP contribution in [0.3, 0.4) is 0 Å². The van der Waals surface area contributed by atoms with Crippen LogP contribution in [0.4, 0.5) is 0 Å². The number of hydrogen-bond donors (Lipinski definition) is 2. The molecule has 1 aliphatic rings. The van der Waals surface area contributed by atoms with Gasteiger partial charge in [0.1, 0.15) is 0 Å². The Labute approximate surface area is 136 Å². The minimum atomic E-state index is -3.61. The molecule has 1 aromatic heterocycles. The molecule has 3 rings (SSSR count). The fourth-order valence-electron chi connectivity index (χ4n) is 3.05. The van der Waals surface area contributed by atoms with Crippen molar-refractivity contribution in [2.24, 2.45) is 5.73 Å². The van der Waals surface area contributed by atoms with E-state index in [0.29, 0.717) is 17.4 Å². The molecule has 0 amide bonds. The smallest absolute Gasteiger partial charge is 0.241 e. The molecule has 120 valence electrons. The van der Waals surface area contributed by atoms with Gasteiger partial charge in [-0.2, -0.15) is 0 Å². The minimum absolute atomic E-state index is 0. The molecule has 1 fully saturated rings. The van der Waals surface area contributed by atoms with E-state index in [0.717, 1.165) is 25.7 Å². The highest BCUT2D eigenvalue weighted by Gasteiger charge is 2.37. The van der Waals surface area contributed by atoms with Gasteiger partial charge in [-0.1, -0.05) is 18.9 Å². The van der Waals surface area contributed by atoms with Gasteiger partial charge in [0.05, 0.1) is 10.4 Å². The first-order chi connectivity index (χ1) is 10.1. The molecule has 0 saturated heterocycles. The first-order valence-corrected chi connectivity index (χ1v) is 8.62. The minimum Gasteiger partial charge on any atom is -0.329 e. The lowest BCUT2D eigenvalue weighted by Crippen LogP contribution is -2.51. The average molecular weight is 342 g/mol. The van der Waals surface area contributed by atoms with Gasteiger partial charge in [0, 0.05) is 23.7 Å². The molecule has 22 heavy (non-hydrogen) atoms. The number of nitrogens with two attached hydrogens (primary N) is 1. The molecule has 1 aliphatic carbocycles. The fraction of sp³-hybridized carbons (Fsp3) is 0.400. The number of hydrogen-bond acceptors (Lipinski definition) is 4. The maximum absolute atomic E-state index is 12.8. The third-order valence-electron chi connectivity index (χ3n) is 4.20. The Balaban J connectivity index is 0.00000176. The molecular formula is C15H20ClN3O2S. The summed E-state index contributed by atoms with van der Waals surface area (Å²) in [5, 5.41) is 0.637. The van der Waals surface area contributed by atoms with Gasteiger partial charge in [-0.05, 0) is 37.1 Å². The highest BCUT2D eigenvalue weighted by atomic mass is 35.5. The molecule has 0 aliphatic heterocycles. The van der Waals surface area contributed by atoms with Crippen LogP contribution >= 0.6 is 12.4 Å².